The van der Waals surface area contributed by atoms with Gasteiger partial charge in [-0.2, -0.15) is 0 Å². The molecule has 1 aromatic carbocycles. The molecule has 2 rings (SSSR count). The molecule has 30 heavy (non-hydrogen) atoms. The van der Waals surface area contributed by atoms with Gasteiger partial charge in [-0.05, 0) is 17.7 Å². The van der Waals surface area contributed by atoms with Crippen LogP contribution in [0.5, 0.6) is 5.75 Å². The Labute approximate surface area is 173 Å². The first-order chi connectivity index (χ1) is 14.3. The molecule has 0 saturated carbocycles. The van der Waals surface area contributed by atoms with E-state index in [9.17, 15) is 24.3 Å². The molecule has 0 fully saturated rings. The van der Waals surface area contributed by atoms with Gasteiger partial charge >= 0.3 is 17.9 Å². The quantitative estimate of drug-likeness (QED) is 0.358. The molecule has 1 heterocycles. The van der Waals surface area contributed by atoms with E-state index >= 15 is 0 Å². The molecule has 0 spiro atoms. The van der Waals surface area contributed by atoms with Crippen LogP contribution in [-0.2, 0) is 44.5 Å². The molecule has 0 bridgehead atoms. The Morgan fingerprint density at radius 3 is 2.47 bits per heavy atom. The van der Waals surface area contributed by atoms with Gasteiger partial charge in [-0.25, -0.2) is 4.79 Å². The van der Waals surface area contributed by atoms with E-state index in [2.05, 4.69) is 0 Å². The third-order valence-electron chi connectivity index (χ3n) is 4.67. The molecule has 1 aliphatic rings. The van der Waals surface area contributed by atoms with Crippen LogP contribution in [0.25, 0.3) is 0 Å². The lowest BCUT2D eigenvalue weighted by Crippen LogP contribution is -2.41. The number of methoxy groups -OCH3 is 1. The van der Waals surface area contributed by atoms with Crippen molar-refractivity contribution >= 4 is 24.2 Å². The van der Waals surface area contributed by atoms with E-state index < -0.39 is 35.8 Å². The monoisotopic (exact) mass is 420 g/mol. The number of esters is 3. The van der Waals surface area contributed by atoms with Gasteiger partial charge in [0.15, 0.2) is 0 Å². The number of carbonyl (C=O) groups excluding carboxylic acids is 4. The van der Waals surface area contributed by atoms with Gasteiger partial charge in [-0.3, -0.25) is 9.59 Å². The Morgan fingerprint density at radius 1 is 1.17 bits per heavy atom. The van der Waals surface area contributed by atoms with Gasteiger partial charge in [0.25, 0.3) is 0 Å². The molecule has 9 heteroatoms. The molecule has 0 aromatic heterocycles. The number of aldehydes is 1. The maximum absolute atomic E-state index is 12.4. The van der Waals surface area contributed by atoms with Crippen LogP contribution in [0.4, 0.5) is 0 Å². The Bertz CT molecular complexity index is 797. The fraction of sp³-hybridized carbons (Fsp3) is 0.429. The molecule has 162 valence electrons. The lowest BCUT2D eigenvalue weighted by Gasteiger charge is -2.33. The SMILES string of the molecule is COC(=O)C1=COC(COC(C)=O)[C@@H](C=O)[C@@H]1CC(=O)OCCc1ccc(O)cc1. The molecule has 1 aromatic rings. The number of benzene rings is 1. The zero-order chi connectivity index (χ0) is 22.1. The molecule has 3 atom stereocenters. The normalized spacial score (nSPS) is 20.3. The van der Waals surface area contributed by atoms with E-state index in [4.69, 9.17) is 18.9 Å². The zero-order valence-electron chi connectivity index (χ0n) is 16.7. The van der Waals surface area contributed by atoms with Gasteiger partial charge in [-0.1, -0.05) is 12.1 Å². The highest BCUT2D eigenvalue weighted by Gasteiger charge is 2.41. The summed E-state index contributed by atoms with van der Waals surface area (Å²) in [6.45, 7) is 1.11. The largest absolute Gasteiger partial charge is 0.508 e. The van der Waals surface area contributed by atoms with Gasteiger partial charge in [0.1, 0.15) is 24.7 Å². The third-order valence-corrected chi connectivity index (χ3v) is 4.67. The summed E-state index contributed by atoms with van der Waals surface area (Å²) in [5, 5.41) is 9.29. The van der Waals surface area contributed by atoms with Crippen LogP contribution >= 0.6 is 0 Å². The maximum Gasteiger partial charge on any atom is 0.337 e. The Morgan fingerprint density at radius 2 is 1.87 bits per heavy atom. The van der Waals surface area contributed by atoms with Crippen molar-refractivity contribution in [1.82, 2.24) is 0 Å². The van der Waals surface area contributed by atoms with Crippen LogP contribution in [-0.4, -0.2) is 55.7 Å². The molecule has 0 radical (unpaired) electrons. The number of rotatable bonds is 9. The lowest BCUT2D eigenvalue weighted by atomic mass is 9.79. The standard InChI is InChI=1S/C21H24O9/c1-13(23)29-12-19-17(10-22)16(18(11-30-19)21(26)27-2)9-20(25)28-8-7-14-3-5-15(24)6-4-14/h3-6,10-11,16-17,19,24H,7-9,12H2,1-2H3/t16-,17-,19?/m0/s1. The summed E-state index contributed by atoms with van der Waals surface area (Å²) in [5.41, 5.74) is 0.901. The van der Waals surface area contributed by atoms with Crippen LogP contribution < -0.4 is 0 Å². The van der Waals surface area contributed by atoms with Crippen molar-refractivity contribution in [1.29, 1.82) is 0 Å². The zero-order valence-corrected chi connectivity index (χ0v) is 16.7. The third kappa shape index (κ3) is 6.33. The average molecular weight is 420 g/mol. The highest BCUT2D eigenvalue weighted by Crippen LogP contribution is 2.33. The molecule has 9 nitrogen and oxygen atoms in total. The molecule has 1 unspecified atom stereocenters. The van der Waals surface area contributed by atoms with Crippen LogP contribution in [0.15, 0.2) is 36.1 Å². The summed E-state index contributed by atoms with van der Waals surface area (Å²) < 4.78 is 20.3. The smallest absolute Gasteiger partial charge is 0.337 e. The molecule has 0 amide bonds. The Kier molecular flexibility index (Phi) is 8.40. The second-order valence-electron chi connectivity index (χ2n) is 6.70. The first-order valence-electron chi connectivity index (χ1n) is 9.31. The number of phenolic OH excluding ortho intramolecular Hbond substituents is 1. The highest BCUT2D eigenvalue weighted by atomic mass is 16.6. The lowest BCUT2D eigenvalue weighted by molar-refractivity contribution is -0.152. The summed E-state index contributed by atoms with van der Waals surface area (Å²) >= 11 is 0. The minimum absolute atomic E-state index is 0.0316. The van der Waals surface area contributed by atoms with E-state index in [-0.39, 0.29) is 31.0 Å². The van der Waals surface area contributed by atoms with Crippen LogP contribution in [0.1, 0.15) is 18.9 Å². The fourth-order valence-electron chi connectivity index (χ4n) is 3.08. The van der Waals surface area contributed by atoms with Crippen molar-refractivity contribution in [2.45, 2.75) is 25.9 Å². The van der Waals surface area contributed by atoms with Crippen molar-refractivity contribution < 1.29 is 43.2 Å². The Hall–Kier alpha value is -3.36. The topological polar surface area (TPSA) is 125 Å². The molecular weight excluding hydrogens is 396 g/mol. The number of aromatic hydroxyl groups is 1. The van der Waals surface area contributed by atoms with Crippen LogP contribution in [0.2, 0.25) is 0 Å². The predicted octanol–water partition coefficient (Wildman–Crippen LogP) is 1.32. The van der Waals surface area contributed by atoms with Gasteiger partial charge in [0, 0.05) is 19.3 Å². The molecule has 0 aliphatic carbocycles. The summed E-state index contributed by atoms with van der Waals surface area (Å²) in [6.07, 6.45) is 1.05. The van der Waals surface area contributed by atoms with E-state index in [1.54, 1.807) is 12.1 Å². The predicted molar refractivity (Wildman–Crippen MR) is 102 cm³/mol. The van der Waals surface area contributed by atoms with Crippen molar-refractivity contribution in [3.05, 3.63) is 41.7 Å². The van der Waals surface area contributed by atoms with Crippen molar-refractivity contribution in [2.75, 3.05) is 20.3 Å². The van der Waals surface area contributed by atoms with Gasteiger partial charge in [0.05, 0.1) is 37.9 Å². The van der Waals surface area contributed by atoms with E-state index in [0.29, 0.717) is 12.7 Å². The summed E-state index contributed by atoms with van der Waals surface area (Å²) in [5.74, 6) is -3.49. The van der Waals surface area contributed by atoms with E-state index in [1.807, 2.05) is 0 Å². The second-order valence-corrected chi connectivity index (χ2v) is 6.70. The molecule has 1 N–H and O–H groups in total. The fourth-order valence-corrected chi connectivity index (χ4v) is 3.08. The Balaban J connectivity index is 2.03. The number of phenols is 1. The average Bonchev–Trinajstić information content (AvgIpc) is 2.73. The van der Waals surface area contributed by atoms with Gasteiger partial charge in [0.2, 0.25) is 0 Å². The second kappa shape index (κ2) is 11.0. The van der Waals surface area contributed by atoms with E-state index in [0.717, 1.165) is 11.8 Å². The van der Waals surface area contributed by atoms with Crippen molar-refractivity contribution in [2.24, 2.45) is 11.8 Å². The summed E-state index contributed by atoms with van der Waals surface area (Å²) in [7, 11) is 1.18. The summed E-state index contributed by atoms with van der Waals surface area (Å²) in [6, 6.07) is 6.48. The molecular formula is C21H24O9. The minimum atomic E-state index is -0.909. The number of hydrogen-bond acceptors (Lipinski definition) is 9. The summed E-state index contributed by atoms with van der Waals surface area (Å²) in [4.78, 5) is 47.2. The first-order valence-corrected chi connectivity index (χ1v) is 9.31. The number of hydrogen-bond donors (Lipinski definition) is 1. The van der Waals surface area contributed by atoms with Crippen LogP contribution in [0.3, 0.4) is 0 Å². The van der Waals surface area contributed by atoms with E-state index in [1.165, 1.54) is 26.2 Å². The maximum atomic E-state index is 12.4. The number of ether oxygens (including phenoxy) is 4. The molecule has 1 aliphatic heterocycles. The van der Waals surface area contributed by atoms with Crippen molar-refractivity contribution in [3.8, 4) is 5.75 Å². The van der Waals surface area contributed by atoms with Crippen molar-refractivity contribution in [3.63, 3.8) is 0 Å². The minimum Gasteiger partial charge on any atom is -0.508 e. The first kappa shape index (κ1) is 22.9. The van der Waals surface area contributed by atoms with Gasteiger partial charge < -0.3 is 28.8 Å². The van der Waals surface area contributed by atoms with Gasteiger partial charge in [-0.15, -0.1) is 0 Å². The highest BCUT2D eigenvalue weighted by molar-refractivity contribution is 5.90. The van der Waals surface area contributed by atoms with Crippen LogP contribution in [0, 0.1) is 11.8 Å². The number of carbonyl (C=O) groups is 4. The molecule has 0 saturated heterocycles.